The number of hydrogen-bond acceptors (Lipinski definition) is 3. The highest BCUT2D eigenvalue weighted by molar-refractivity contribution is 7.27. The molecule has 4 heteroatoms. The predicted molar refractivity (Wildman–Crippen MR) is 117 cm³/mol. The van der Waals surface area contributed by atoms with E-state index in [9.17, 15) is 0 Å². The van der Waals surface area contributed by atoms with E-state index in [0.29, 0.717) is 0 Å². The molecule has 2 nitrogen and oxygen atoms in total. The van der Waals surface area contributed by atoms with Gasteiger partial charge in [0.05, 0.1) is 0 Å². The number of fused-ring (bicyclic) bond motifs is 1. The van der Waals surface area contributed by atoms with Crippen LogP contribution in [0.25, 0.3) is 15.6 Å². The van der Waals surface area contributed by atoms with E-state index in [0.717, 1.165) is 6.54 Å². The number of aryl methyl sites for hydroxylation is 3. The van der Waals surface area contributed by atoms with Gasteiger partial charge in [-0.1, -0.05) is 59.1 Å². The highest BCUT2D eigenvalue weighted by Gasteiger charge is 2.21. The summed E-state index contributed by atoms with van der Waals surface area (Å²) in [6.07, 6.45) is 12.6. The number of anilines is 1. The molecule has 0 unspecified atom stereocenters. The summed E-state index contributed by atoms with van der Waals surface area (Å²) in [6.45, 7) is 7.66. The van der Waals surface area contributed by atoms with Gasteiger partial charge < -0.3 is 4.90 Å². The minimum atomic E-state index is 1.00. The minimum Gasteiger partial charge on any atom is -0.351 e. The van der Waals surface area contributed by atoms with Gasteiger partial charge in [0.1, 0.15) is 11.2 Å². The van der Waals surface area contributed by atoms with E-state index < -0.39 is 0 Å². The maximum absolute atomic E-state index is 2.41. The molecule has 0 N–H and O–H groups in total. The van der Waals surface area contributed by atoms with E-state index in [2.05, 4.69) is 98.1 Å². The van der Waals surface area contributed by atoms with Gasteiger partial charge in [-0.2, -0.15) is 4.57 Å². The zero-order valence-electron chi connectivity index (χ0n) is 15.8. The third-order valence-corrected chi connectivity index (χ3v) is 7.02. The molecule has 134 valence electrons. The molecule has 3 rings (SSSR count). The molecule has 0 atom stereocenters. The van der Waals surface area contributed by atoms with Crippen LogP contribution in [0, 0.1) is 13.8 Å². The van der Waals surface area contributed by atoms with Crippen molar-refractivity contribution in [3.8, 4) is 0 Å². The van der Waals surface area contributed by atoms with Crippen LogP contribution in [0.15, 0.2) is 60.8 Å². The van der Waals surface area contributed by atoms with Crippen molar-refractivity contribution in [3.63, 3.8) is 0 Å². The summed E-state index contributed by atoms with van der Waals surface area (Å²) in [7, 11) is 2.06. The summed E-state index contributed by atoms with van der Waals surface area (Å²) < 4.78 is 3.84. The van der Waals surface area contributed by atoms with Crippen LogP contribution in [-0.2, 0) is 6.54 Å². The summed E-state index contributed by atoms with van der Waals surface area (Å²) in [5.41, 5.74) is 2.61. The topological polar surface area (TPSA) is 7.12 Å². The number of allylic oxidation sites excluding steroid dienone is 4. The SMILES string of the molecule is CC[n+]1c(C=CC=CC=CN(C)c2ccccc2)sc2c(C)c(C)sc21. The number of nitrogens with zero attached hydrogens (tertiary/aromatic N) is 2. The van der Waals surface area contributed by atoms with Crippen molar-refractivity contribution in [2.24, 2.45) is 0 Å². The van der Waals surface area contributed by atoms with E-state index in [-0.39, 0.29) is 0 Å². The van der Waals surface area contributed by atoms with Crippen LogP contribution >= 0.6 is 22.7 Å². The quantitative estimate of drug-likeness (QED) is 0.369. The van der Waals surface area contributed by atoms with E-state index in [4.69, 9.17) is 0 Å². The van der Waals surface area contributed by atoms with Gasteiger partial charge in [0, 0.05) is 29.9 Å². The van der Waals surface area contributed by atoms with Gasteiger partial charge in [-0.3, -0.25) is 0 Å². The van der Waals surface area contributed by atoms with Crippen LogP contribution < -0.4 is 9.47 Å². The highest BCUT2D eigenvalue weighted by atomic mass is 32.1. The van der Waals surface area contributed by atoms with E-state index in [1.807, 2.05) is 28.7 Å². The number of para-hydroxylation sites is 1. The van der Waals surface area contributed by atoms with Crippen LogP contribution in [0.4, 0.5) is 5.69 Å². The fourth-order valence-electron chi connectivity index (χ4n) is 2.76. The zero-order chi connectivity index (χ0) is 18.5. The predicted octanol–water partition coefficient (Wildman–Crippen LogP) is 6.11. The van der Waals surface area contributed by atoms with Gasteiger partial charge in [0.15, 0.2) is 0 Å². The Morgan fingerprint density at radius 3 is 2.46 bits per heavy atom. The van der Waals surface area contributed by atoms with Crippen molar-refractivity contribution >= 4 is 44.0 Å². The molecule has 0 aliphatic carbocycles. The summed E-state index contributed by atoms with van der Waals surface area (Å²) in [6, 6.07) is 10.3. The lowest BCUT2D eigenvalue weighted by Crippen LogP contribution is -2.32. The van der Waals surface area contributed by atoms with Gasteiger partial charge in [-0.15, -0.1) is 0 Å². The molecule has 2 heterocycles. The summed E-state index contributed by atoms with van der Waals surface area (Å²) in [4.78, 5) is 4.94. The lowest BCUT2D eigenvalue weighted by atomic mass is 10.3. The Labute approximate surface area is 164 Å². The molecule has 1 aromatic carbocycles. The Bertz CT molecular complexity index is 959. The highest BCUT2D eigenvalue weighted by Crippen LogP contribution is 2.33. The van der Waals surface area contributed by atoms with Crippen molar-refractivity contribution in [2.75, 3.05) is 11.9 Å². The van der Waals surface area contributed by atoms with Gasteiger partial charge in [0.25, 0.3) is 9.84 Å². The molecule has 0 amide bonds. The Balaban J connectivity index is 1.68. The summed E-state index contributed by atoms with van der Waals surface area (Å²) >= 11 is 3.79. The van der Waals surface area contributed by atoms with Crippen LogP contribution in [0.2, 0.25) is 0 Å². The molecule has 0 bridgehead atoms. The van der Waals surface area contributed by atoms with E-state index in [1.54, 1.807) is 0 Å². The molecule has 26 heavy (non-hydrogen) atoms. The van der Waals surface area contributed by atoms with E-state index >= 15 is 0 Å². The minimum absolute atomic E-state index is 1.00. The number of hydrogen-bond donors (Lipinski definition) is 0. The first-order valence-electron chi connectivity index (χ1n) is 8.83. The fraction of sp³-hybridized carbons (Fsp3) is 0.227. The molecule has 2 aromatic heterocycles. The number of thiazole rings is 1. The normalized spacial score (nSPS) is 12.3. The Morgan fingerprint density at radius 1 is 1.00 bits per heavy atom. The maximum atomic E-state index is 2.41. The van der Waals surface area contributed by atoms with E-state index in [1.165, 1.54) is 30.7 Å². The second-order valence-electron chi connectivity index (χ2n) is 6.13. The number of rotatable bonds is 6. The zero-order valence-corrected chi connectivity index (χ0v) is 17.4. The van der Waals surface area contributed by atoms with Gasteiger partial charge in [-0.05, 0) is 44.5 Å². The Hall–Kier alpha value is -2.17. The fourth-order valence-corrected chi connectivity index (χ4v) is 5.45. The molecule has 0 radical (unpaired) electrons. The maximum Gasteiger partial charge on any atom is 0.280 e. The average Bonchev–Trinajstić information content (AvgIpc) is 3.14. The van der Waals surface area contributed by atoms with Crippen molar-refractivity contribution in [1.82, 2.24) is 0 Å². The van der Waals surface area contributed by atoms with Crippen molar-refractivity contribution in [3.05, 3.63) is 76.3 Å². The number of aromatic nitrogens is 1. The van der Waals surface area contributed by atoms with Crippen molar-refractivity contribution < 1.29 is 4.57 Å². The second kappa shape index (κ2) is 8.47. The Kier molecular flexibility index (Phi) is 6.07. The van der Waals surface area contributed by atoms with Gasteiger partial charge >= 0.3 is 0 Å². The first kappa shape index (κ1) is 18.6. The van der Waals surface area contributed by atoms with Gasteiger partial charge in [0.2, 0.25) is 0 Å². The lowest BCUT2D eigenvalue weighted by Gasteiger charge is -2.12. The molecule has 0 aliphatic heterocycles. The van der Waals surface area contributed by atoms with Gasteiger partial charge in [-0.25, -0.2) is 0 Å². The van der Waals surface area contributed by atoms with Crippen LogP contribution in [-0.4, -0.2) is 7.05 Å². The van der Waals surface area contributed by atoms with Crippen molar-refractivity contribution in [1.29, 1.82) is 0 Å². The first-order valence-corrected chi connectivity index (χ1v) is 10.5. The molecule has 0 fully saturated rings. The molecule has 0 aliphatic rings. The molecule has 0 spiro atoms. The number of benzene rings is 1. The molecular formula is C22H25N2S2+. The van der Waals surface area contributed by atoms with Crippen LogP contribution in [0.5, 0.6) is 0 Å². The van der Waals surface area contributed by atoms with Crippen LogP contribution in [0.1, 0.15) is 22.4 Å². The first-order chi connectivity index (χ1) is 12.6. The molecule has 3 aromatic rings. The number of thiophene rings is 1. The largest absolute Gasteiger partial charge is 0.351 e. The summed E-state index contributed by atoms with van der Waals surface area (Å²) in [5, 5.41) is 1.31. The lowest BCUT2D eigenvalue weighted by molar-refractivity contribution is -0.663. The monoisotopic (exact) mass is 381 g/mol. The third kappa shape index (κ3) is 3.97. The average molecular weight is 382 g/mol. The smallest absolute Gasteiger partial charge is 0.280 e. The third-order valence-electron chi connectivity index (χ3n) is 4.39. The standard InChI is InChI=1S/C22H25N2S2/c1-5-24-20(26-21-17(2)18(3)25-22(21)24)15-11-6-7-12-16-23(4)19-13-9-8-10-14-19/h6-16H,5H2,1-4H3/q+1. The van der Waals surface area contributed by atoms with Crippen molar-refractivity contribution in [2.45, 2.75) is 27.3 Å². The van der Waals surface area contributed by atoms with Crippen LogP contribution in [0.3, 0.4) is 0 Å². The Morgan fingerprint density at radius 2 is 1.73 bits per heavy atom. The molecule has 0 saturated heterocycles. The molecular weight excluding hydrogens is 356 g/mol. The molecule has 0 saturated carbocycles. The second-order valence-corrected chi connectivity index (χ2v) is 8.37. The summed E-state index contributed by atoms with van der Waals surface area (Å²) in [5.74, 6) is 0.